The summed E-state index contributed by atoms with van der Waals surface area (Å²) < 4.78 is 5.34. The van der Waals surface area contributed by atoms with Gasteiger partial charge in [-0.15, -0.1) is 0 Å². The fourth-order valence-electron chi connectivity index (χ4n) is 2.87. The maximum Gasteiger partial charge on any atom is 0.235 e. The van der Waals surface area contributed by atoms with Gasteiger partial charge in [0.1, 0.15) is 5.41 Å². The molecule has 2 fully saturated rings. The van der Waals surface area contributed by atoms with Crippen molar-refractivity contribution in [3.63, 3.8) is 0 Å². The molecule has 0 atom stereocenters. The fourth-order valence-corrected chi connectivity index (χ4v) is 3.17. The summed E-state index contributed by atoms with van der Waals surface area (Å²) in [5, 5.41) is 0. The third kappa shape index (κ3) is 2.38. The third-order valence-corrected chi connectivity index (χ3v) is 4.58. The van der Waals surface area contributed by atoms with Crippen molar-refractivity contribution in [1.82, 2.24) is 4.90 Å². The van der Waals surface area contributed by atoms with Gasteiger partial charge < -0.3 is 15.4 Å². The number of hydrogen-bond acceptors (Lipinski definition) is 3. The van der Waals surface area contributed by atoms with Crippen LogP contribution in [0.3, 0.4) is 0 Å². The van der Waals surface area contributed by atoms with Crippen molar-refractivity contribution in [1.29, 1.82) is 0 Å². The number of rotatable bonds is 2. The number of carbonyl (C=O) groups is 1. The molecule has 0 aromatic heterocycles. The molecule has 0 spiro atoms. The van der Waals surface area contributed by atoms with E-state index in [1.165, 1.54) is 0 Å². The van der Waals surface area contributed by atoms with Gasteiger partial charge in [-0.1, -0.05) is 26.1 Å². The second-order valence-electron chi connectivity index (χ2n) is 6.20. The zero-order valence-corrected chi connectivity index (χ0v) is 12.0. The number of hydrogen-bond donors (Lipinski definition) is 1. The van der Waals surface area contributed by atoms with Crippen LogP contribution in [0.4, 0.5) is 0 Å². The Morgan fingerprint density at radius 1 is 1.28 bits per heavy atom. The van der Waals surface area contributed by atoms with Gasteiger partial charge in [-0.3, -0.25) is 4.79 Å². The van der Waals surface area contributed by atoms with Gasteiger partial charge in [-0.25, -0.2) is 0 Å². The minimum Gasteiger partial charge on any atom is -0.392 e. The van der Waals surface area contributed by atoms with Crippen LogP contribution in [0.2, 0.25) is 0 Å². The lowest BCUT2D eigenvalue weighted by molar-refractivity contribution is -0.141. The Hall–Kier alpha value is -0.680. The van der Waals surface area contributed by atoms with Gasteiger partial charge >= 0.3 is 0 Å². The number of ether oxygens (including phenoxy) is 1. The van der Waals surface area contributed by atoms with E-state index in [1.54, 1.807) is 0 Å². The minimum atomic E-state index is -0.659. The molecule has 0 radical (unpaired) electrons. The summed E-state index contributed by atoms with van der Waals surface area (Å²) in [6.45, 7) is 7.14. The first-order valence-corrected chi connectivity index (χ1v) is 6.95. The Labute approximate surface area is 114 Å². The van der Waals surface area contributed by atoms with Crippen molar-refractivity contribution in [2.75, 3.05) is 26.3 Å². The molecule has 0 aromatic rings. The van der Waals surface area contributed by atoms with Gasteiger partial charge in [-0.2, -0.15) is 0 Å². The van der Waals surface area contributed by atoms with Crippen LogP contribution in [-0.4, -0.2) is 42.1 Å². The highest BCUT2D eigenvalue weighted by atomic mass is 32.1. The smallest absolute Gasteiger partial charge is 0.235 e. The average molecular weight is 270 g/mol. The van der Waals surface area contributed by atoms with E-state index in [0.717, 1.165) is 19.5 Å². The first-order valence-electron chi connectivity index (χ1n) is 6.54. The predicted octanol–water partition coefficient (Wildman–Crippen LogP) is 1.33. The molecule has 0 saturated carbocycles. The lowest BCUT2D eigenvalue weighted by atomic mass is 9.78. The van der Waals surface area contributed by atoms with E-state index in [2.05, 4.69) is 13.8 Å². The van der Waals surface area contributed by atoms with Crippen LogP contribution in [0.15, 0.2) is 0 Å². The molecule has 5 heteroatoms. The van der Waals surface area contributed by atoms with Crippen LogP contribution in [0.25, 0.3) is 0 Å². The van der Waals surface area contributed by atoms with Crippen molar-refractivity contribution >= 4 is 23.1 Å². The Morgan fingerprint density at radius 3 is 2.33 bits per heavy atom. The summed E-state index contributed by atoms with van der Waals surface area (Å²) in [5.41, 5.74) is 5.41. The van der Waals surface area contributed by atoms with Crippen molar-refractivity contribution in [2.24, 2.45) is 16.6 Å². The SMILES string of the molecule is CC1(C)CCN(C(=O)C2(C(N)=S)CCOCC2)C1. The van der Waals surface area contributed by atoms with Crippen LogP contribution in [0.5, 0.6) is 0 Å². The molecule has 102 valence electrons. The van der Waals surface area contributed by atoms with Crippen molar-refractivity contribution < 1.29 is 9.53 Å². The topological polar surface area (TPSA) is 55.6 Å². The van der Waals surface area contributed by atoms with E-state index < -0.39 is 5.41 Å². The molecule has 0 bridgehead atoms. The first-order chi connectivity index (χ1) is 8.37. The van der Waals surface area contributed by atoms with E-state index in [9.17, 15) is 4.79 Å². The lowest BCUT2D eigenvalue weighted by Gasteiger charge is -2.38. The zero-order valence-electron chi connectivity index (χ0n) is 11.2. The Morgan fingerprint density at radius 2 is 1.89 bits per heavy atom. The second kappa shape index (κ2) is 4.78. The molecule has 2 rings (SSSR count). The maximum atomic E-state index is 12.8. The molecule has 1 amide bonds. The van der Waals surface area contributed by atoms with Gasteiger partial charge in [0.05, 0.1) is 4.99 Å². The standard InChI is InChI=1S/C13H22N2O2S/c1-12(2)3-6-15(9-12)11(16)13(10(14)18)4-7-17-8-5-13/h3-9H2,1-2H3,(H2,14,18). The largest absolute Gasteiger partial charge is 0.392 e. The minimum absolute atomic E-state index is 0.115. The highest BCUT2D eigenvalue weighted by molar-refractivity contribution is 7.80. The van der Waals surface area contributed by atoms with Crippen LogP contribution in [0.1, 0.15) is 33.1 Å². The molecule has 2 heterocycles. The second-order valence-corrected chi connectivity index (χ2v) is 6.64. The Balaban J connectivity index is 2.17. The van der Waals surface area contributed by atoms with Crippen molar-refractivity contribution in [2.45, 2.75) is 33.1 Å². The molecule has 0 unspecified atom stereocenters. The molecule has 2 saturated heterocycles. The summed E-state index contributed by atoms with van der Waals surface area (Å²) in [6, 6.07) is 0. The Kier molecular flexibility index (Phi) is 3.65. The summed E-state index contributed by atoms with van der Waals surface area (Å²) in [6.07, 6.45) is 2.29. The fraction of sp³-hybridized carbons (Fsp3) is 0.846. The summed E-state index contributed by atoms with van der Waals surface area (Å²) in [4.78, 5) is 15.0. The van der Waals surface area contributed by atoms with Crippen LogP contribution in [0, 0.1) is 10.8 Å². The highest BCUT2D eigenvalue weighted by Gasteiger charge is 2.47. The quantitative estimate of drug-likeness (QED) is 0.769. The highest BCUT2D eigenvalue weighted by Crippen LogP contribution is 2.37. The first kappa shape index (κ1) is 13.7. The molecule has 2 N–H and O–H groups in total. The molecule has 0 aliphatic carbocycles. The average Bonchev–Trinajstić information content (AvgIpc) is 2.69. The normalized spacial score (nSPS) is 26.0. The summed E-state index contributed by atoms with van der Waals surface area (Å²) in [7, 11) is 0. The molecule has 2 aliphatic rings. The number of nitrogens with zero attached hydrogens (tertiary/aromatic N) is 1. The lowest BCUT2D eigenvalue weighted by Crippen LogP contribution is -2.53. The van der Waals surface area contributed by atoms with Gasteiger partial charge in [0, 0.05) is 26.3 Å². The Bertz CT molecular complexity index is 362. The van der Waals surface area contributed by atoms with Crippen LogP contribution < -0.4 is 5.73 Å². The molecule has 0 aromatic carbocycles. The number of likely N-dealkylation sites (tertiary alicyclic amines) is 1. The molecule has 2 aliphatic heterocycles. The van der Waals surface area contributed by atoms with Gasteiger partial charge in [0.2, 0.25) is 5.91 Å². The third-order valence-electron chi connectivity index (χ3n) is 4.19. The molecule has 18 heavy (non-hydrogen) atoms. The van der Waals surface area contributed by atoms with E-state index in [1.807, 2.05) is 4.90 Å². The van der Waals surface area contributed by atoms with E-state index >= 15 is 0 Å². The zero-order chi connectivity index (χ0) is 13.4. The number of carbonyl (C=O) groups excluding carboxylic acids is 1. The molecular weight excluding hydrogens is 248 g/mol. The summed E-state index contributed by atoms with van der Waals surface area (Å²) in [5.74, 6) is 0.115. The van der Waals surface area contributed by atoms with Crippen molar-refractivity contribution in [3.05, 3.63) is 0 Å². The maximum absolute atomic E-state index is 12.8. The molecule has 4 nitrogen and oxygen atoms in total. The van der Waals surface area contributed by atoms with Gasteiger partial charge in [-0.05, 0) is 24.7 Å². The van der Waals surface area contributed by atoms with Crippen molar-refractivity contribution in [3.8, 4) is 0 Å². The summed E-state index contributed by atoms with van der Waals surface area (Å²) >= 11 is 5.17. The number of thiocarbonyl (C=S) groups is 1. The number of amides is 1. The van der Waals surface area contributed by atoms with Gasteiger partial charge in [0.15, 0.2) is 0 Å². The van der Waals surface area contributed by atoms with E-state index in [0.29, 0.717) is 31.0 Å². The van der Waals surface area contributed by atoms with Crippen LogP contribution >= 0.6 is 12.2 Å². The van der Waals surface area contributed by atoms with E-state index in [4.69, 9.17) is 22.7 Å². The van der Waals surface area contributed by atoms with E-state index in [-0.39, 0.29) is 11.3 Å². The number of nitrogens with two attached hydrogens (primary N) is 1. The predicted molar refractivity (Wildman–Crippen MR) is 74.2 cm³/mol. The monoisotopic (exact) mass is 270 g/mol. The molecular formula is C13H22N2O2S. The van der Waals surface area contributed by atoms with Crippen LogP contribution in [-0.2, 0) is 9.53 Å². The van der Waals surface area contributed by atoms with Gasteiger partial charge in [0.25, 0.3) is 0 Å².